The molecular formula is C8H10Cl3O4. The molecular weight excluding hydrogens is 266 g/mol. The molecule has 0 aliphatic rings. The lowest BCUT2D eigenvalue weighted by atomic mass is 10.1. The van der Waals surface area contributed by atoms with E-state index in [0.717, 1.165) is 0 Å². The van der Waals surface area contributed by atoms with Crippen LogP contribution in [0.15, 0.2) is 0 Å². The van der Waals surface area contributed by atoms with Crippen molar-refractivity contribution in [3.63, 3.8) is 0 Å². The number of hydrogen-bond donors (Lipinski definition) is 0. The number of carbonyl (C=O) groups is 1. The monoisotopic (exact) mass is 275 g/mol. The Morgan fingerprint density at radius 1 is 1.33 bits per heavy atom. The van der Waals surface area contributed by atoms with Crippen molar-refractivity contribution in [3.05, 3.63) is 0 Å². The minimum Gasteiger partial charge on any atom is -0.461 e. The normalized spacial score (nSPS) is 12.1. The van der Waals surface area contributed by atoms with Crippen molar-refractivity contribution >= 4 is 47.2 Å². The summed E-state index contributed by atoms with van der Waals surface area (Å²) in [6, 6.07) is 0. The van der Waals surface area contributed by atoms with Crippen LogP contribution in [-0.2, 0) is 19.1 Å². The highest BCUT2D eigenvalue weighted by Gasteiger charge is 2.27. The van der Waals surface area contributed by atoms with Crippen LogP contribution in [0.2, 0.25) is 0 Å². The van der Waals surface area contributed by atoms with Gasteiger partial charge in [0.1, 0.15) is 12.2 Å². The van der Waals surface area contributed by atoms with E-state index in [4.69, 9.17) is 34.8 Å². The average Bonchev–Trinajstić information content (AvgIpc) is 1.98. The van der Waals surface area contributed by atoms with Gasteiger partial charge in [0.25, 0.3) is 0 Å². The fourth-order valence-electron chi connectivity index (χ4n) is 0.710. The van der Waals surface area contributed by atoms with Crippen molar-refractivity contribution in [2.24, 2.45) is 0 Å². The van der Waals surface area contributed by atoms with Crippen LogP contribution in [0, 0.1) is 0 Å². The molecule has 0 spiro atoms. The summed E-state index contributed by atoms with van der Waals surface area (Å²) in [5.41, 5.74) is -0.980. The maximum absolute atomic E-state index is 11.2. The first-order chi connectivity index (χ1) is 6.66. The van der Waals surface area contributed by atoms with Crippen LogP contribution in [0.5, 0.6) is 0 Å². The number of rotatable bonds is 5. The summed E-state index contributed by atoms with van der Waals surface area (Å²) in [6.07, 6.45) is -0.136. The van der Waals surface area contributed by atoms with Crippen LogP contribution in [-0.4, -0.2) is 28.4 Å². The number of alkyl halides is 3. The molecule has 0 aromatic carbocycles. The van der Waals surface area contributed by atoms with E-state index in [1.54, 1.807) is 0 Å². The Morgan fingerprint density at radius 2 is 1.87 bits per heavy atom. The van der Waals surface area contributed by atoms with Crippen molar-refractivity contribution in [2.75, 3.05) is 6.61 Å². The van der Waals surface area contributed by atoms with E-state index >= 15 is 0 Å². The molecule has 0 rings (SSSR count). The summed E-state index contributed by atoms with van der Waals surface area (Å²) in [7, 11) is 0. The summed E-state index contributed by atoms with van der Waals surface area (Å²) < 4.78 is 7.53. The first kappa shape index (κ1) is 14.8. The first-order valence-electron chi connectivity index (χ1n) is 3.94. The predicted molar refractivity (Wildman–Crippen MR) is 56.7 cm³/mol. The zero-order valence-corrected chi connectivity index (χ0v) is 10.4. The van der Waals surface area contributed by atoms with Gasteiger partial charge in [-0.25, -0.2) is 4.79 Å². The fourth-order valence-corrected chi connectivity index (χ4v) is 0.874. The second-order valence-electron chi connectivity index (χ2n) is 3.40. The summed E-state index contributed by atoms with van der Waals surface area (Å²) in [5, 5.41) is 0. The third-order valence-corrected chi connectivity index (χ3v) is 1.61. The van der Waals surface area contributed by atoms with Crippen LogP contribution in [0.25, 0.3) is 0 Å². The number of hydrogen-bond acceptors (Lipinski definition) is 4. The molecule has 0 aliphatic heterocycles. The molecule has 0 aromatic rings. The van der Waals surface area contributed by atoms with Gasteiger partial charge in [0.15, 0.2) is 0 Å². The lowest BCUT2D eigenvalue weighted by molar-refractivity contribution is -0.147. The minimum absolute atomic E-state index is 0.136. The van der Waals surface area contributed by atoms with Crippen LogP contribution in [0.4, 0.5) is 0 Å². The Balaban J connectivity index is 3.98. The fraction of sp³-hybridized carbons (Fsp3) is 0.750. The Bertz CT molecular complexity index is 235. The summed E-state index contributed by atoms with van der Waals surface area (Å²) in [5.74, 6) is -0.624. The van der Waals surface area contributed by atoms with Crippen molar-refractivity contribution in [1.82, 2.24) is 0 Å². The zero-order chi connectivity index (χ0) is 12.1. The first-order valence-corrected chi connectivity index (χ1v) is 5.07. The van der Waals surface area contributed by atoms with E-state index in [9.17, 15) is 9.59 Å². The Hall–Kier alpha value is -0.190. The second kappa shape index (κ2) is 5.77. The maximum Gasteiger partial charge on any atom is 0.418 e. The minimum atomic E-state index is -1.64. The standard InChI is InChI=1S/C8H10Cl3O4/c1-7(2,15-5-12)3-6(13)14-4-8(9,10)11/h3-4H2,1-2H3. The van der Waals surface area contributed by atoms with Gasteiger partial charge in [-0.05, 0) is 13.8 Å². The molecule has 0 saturated heterocycles. The van der Waals surface area contributed by atoms with E-state index in [-0.39, 0.29) is 13.0 Å². The van der Waals surface area contributed by atoms with Gasteiger partial charge >= 0.3 is 12.4 Å². The summed E-state index contributed by atoms with van der Waals surface area (Å²) in [6.45, 7) is 3.97. The smallest absolute Gasteiger partial charge is 0.418 e. The maximum atomic E-state index is 11.2. The van der Waals surface area contributed by atoms with Gasteiger partial charge in [0, 0.05) is 0 Å². The SMILES string of the molecule is CC(C)(CC(=O)OCC(Cl)(Cl)Cl)O[C]=O. The molecule has 0 heterocycles. The predicted octanol–water partition coefficient (Wildman–Crippen LogP) is 2.15. The number of ether oxygens (including phenoxy) is 2. The molecule has 4 nitrogen and oxygen atoms in total. The molecule has 0 unspecified atom stereocenters. The molecule has 0 bridgehead atoms. The molecule has 87 valence electrons. The molecule has 0 saturated carbocycles. The van der Waals surface area contributed by atoms with Gasteiger partial charge in [-0.1, -0.05) is 34.8 Å². The van der Waals surface area contributed by atoms with E-state index < -0.39 is 15.4 Å². The van der Waals surface area contributed by atoms with Gasteiger partial charge in [-0.15, -0.1) is 0 Å². The van der Waals surface area contributed by atoms with Crippen molar-refractivity contribution in [1.29, 1.82) is 0 Å². The Labute approximate surface area is 103 Å². The van der Waals surface area contributed by atoms with Gasteiger partial charge in [0.2, 0.25) is 3.79 Å². The topological polar surface area (TPSA) is 52.6 Å². The molecule has 7 heteroatoms. The number of esters is 1. The highest BCUT2D eigenvalue weighted by atomic mass is 35.6. The second-order valence-corrected chi connectivity index (χ2v) is 5.91. The van der Waals surface area contributed by atoms with Crippen molar-refractivity contribution in [3.8, 4) is 0 Å². The van der Waals surface area contributed by atoms with E-state index in [1.807, 2.05) is 0 Å². The molecule has 0 fully saturated rings. The van der Waals surface area contributed by atoms with Gasteiger partial charge in [-0.2, -0.15) is 0 Å². The van der Waals surface area contributed by atoms with Crippen LogP contribution >= 0.6 is 34.8 Å². The van der Waals surface area contributed by atoms with Crippen LogP contribution < -0.4 is 0 Å². The van der Waals surface area contributed by atoms with Crippen molar-refractivity contribution < 1.29 is 19.1 Å². The number of carbonyl (C=O) groups excluding carboxylic acids is 2. The van der Waals surface area contributed by atoms with E-state index in [1.165, 1.54) is 20.3 Å². The van der Waals surface area contributed by atoms with Gasteiger partial charge in [-0.3, -0.25) is 4.79 Å². The summed E-state index contributed by atoms with van der Waals surface area (Å²) >= 11 is 16.1. The third-order valence-electron chi connectivity index (χ3n) is 1.28. The lowest BCUT2D eigenvalue weighted by Crippen LogP contribution is -2.29. The molecule has 0 N–H and O–H groups in total. The van der Waals surface area contributed by atoms with E-state index in [2.05, 4.69) is 9.47 Å². The van der Waals surface area contributed by atoms with Crippen LogP contribution in [0.3, 0.4) is 0 Å². The molecule has 0 aromatic heterocycles. The largest absolute Gasteiger partial charge is 0.461 e. The molecule has 1 radical (unpaired) electrons. The van der Waals surface area contributed by atoms with E-state index in [0.29, 0.717) is 0 Å². The highest BCUT2D eigenvalue weighted by molar-refractivity contribution is 6.67. The third kappa shape index (κ3) is 8.78. The van der Waals surface area contributed by atoms with Crippen LogP contribution in [0.1, 0.15) is 20.3 Å². The van der Waals surface area contributed by atoms with Crippen molar-refractivity contribution in [2.45, 2.75) is 29.7 Å². The molecule has 0 amide bonds. The molecule has 0 aliphatic carbocycles. The zero-order valence-electron chi connectivity index (χ0n) is 8.18. The van der Waals surface area contributed by atoms with Gasteiger partial charge < -0.3 is 9.47 Å². The number of halogens is 3. The highest BCUT2D eigenvalue weighted by Crippen LogP contribution is 2.26. The summed E-state index contributed by atoms with van der Waals surface area (Å²) in [4.78, 5) is 21.1. The van der Waals surface area contributed by atoms with Gasteiger partial charge in [0.05, 0.1) is 6.42 Å². The molecule has 15 heavy (non-hydrogen) atoms. The Morgan fingerprint density at radius 3 is 2.27 bits per heavy atom. The average molecular weight is 277 g/mol. The Kier molecular flexibility index (Phi) is 5.70. The molecule has 0 atom stereocenters. The lowest BCUT2D eigenvalue weighted by Gasteiger charge is -2.21. The quantitative estimate of drug-likeness (QED) is 0.570.